The van der Waals surface area contributed by atoms with Gasteiger partial charge in [0.25, 0.3) is 5.91 Å². The molecule has 1 heterocycles. The molecule has 4 rings (SSSR count). The first-order chi connectivity index (χ1) is 15.9. The van der Waals surface area contributed by atoms with E-state index in [9.17, 15) is 14.0 Å². The summed E-state index contributed by atoms with van der Waals surface area (Å²) in [6.07, 6.45) is 0. The highest BCUT2D eigenvalue weighted by atomic mass is 19.1. The number of anilines is 1. The van der Waals surface area contributed by atoms with Crippen molar-refractivity contribution in [1.82, 2.24) is 4.57 Å². The predicted molar refractivity (Wildman–Crippen MR) is 127 cm³/mol. The van der Waals surface area contributed by atoms with Gasteiger partial charge in [0.05, 0.1) is 11.3 Å². The van der Waals surface area contributed by atoms with Crippen LogP contribution in [0.2, 0.25) is 0 Å². The van der Waals surface area contributed by atoms with Crippen LogP contribution in [-0.2, 0) is 9.53 Å². The summed E-state index contributed by atoms with van der Waals surface area (Å²) in [5, 5.41) is 2.00. The van der Waals surface area contributed by atoms with Crippen molar-refractivity contribution >= 4 is 28.3 Å². The van der Waals surface area contributed by atoms with Gasteiger partial charge in [0.1, 0.15) is 5.82 Å². The molecule has 0 saturated heterocycles. The van der Waals surface area contributed by atoms with Gasteiger partial charge in [0, 0.05) is 29.0 Å². The van der Waals surface area contributed by atoms with Crippen LogP contribution >= 0.6 is 0 Å². The van der Waals surface area contributed by atoms with Crippen LogP contribution in [0.1, 0.15) is 28.7 Å². The number of esters is 1. The van der Waals surface area contributed by atoms with Gasteiger partial charge >= 0.3 is 5.97 Å². The average Bonchev–Trinajstić information content (AvgIpc) is 3.12. The van der Waals surface area contributed by atoms with Gasteiger partial charge in [0.2, 0.25) is 0 Å². The minimum atomic E-state index is -0.571. The molecule has 0 aliphatic heterocycles. The molecule has 0 aliphatic carbocycles. The molecule has 0 radical (unpaired) electrons. The number of ether oxygens (including phenoxy) is 1. The third kappa shape index (κ3) is 4.37. The van der Waals surface area contributed by atoms with Crippen molar-refractivity contribution in [2.75, 3.05) is 18.1 Å². The van der Waals surface area contributed by atoms with Crippen molar-refractivity contribution in [2.24, 2.45) is 0 Å². The topological polar surface area (TPSA) is 51.5 Å². The van der Waals surface area contributed by atoms with Gasteiger partial charge < -0.3 is 14.2 Å². The molecule has 1 aromatic heterocycles. The molecule has 0 aliphatic rings. The van der Waals surface area contributed by atoms with E-state index in [2.05, 4.69) is 0 Å². The number of carbonyl (C=O) groups is 2. The number of likely N-dealkylation sites (N-methyl/N-ethyl adjacent to an activating group) is 1. The summed E-state index contributed by atoms with van der Waals surface area (Å²) in [6, 6.07) is 21.4. The molecule has 0 saturated carbocycles. The second-order valence-electron chi connectivity index (χ2n) is 7.81. The van der Waals surface area contributed by atoms with Crippen LogP contribution in [0.15, 0.2) is 72.8 Å². The van der Waals surface area contributed by atoms with Crippen molar-refractivity contribution in [3.8, 4) is 5.69 Å². The molecule has 0 bridgehead atoms. The number of rotatable bonds is 6. The highest BCUT2D eigenvalue weighted by Gasteiger charge is 2.22. The van der Waals surface area contributed by atoms with Gasteiger partial charge in [-0.2, -0.15) is 0 Å². The summed E-state index contributed by atoms with van der Waals surface area (Å²) in [5.41, 5.74) is 3.37. The molecule has 0 unspecified atom stereocenters. The molecule has 3 aromatic carbocycles. The first-order valence-electron chi connectivity index (χ1n) is 10.8. The minimum absolute atomic E-state index is 0.297. The van der Waals surface area contributed by atoms with Gasteiger partial charge in [-0.3, -0.25) is 4.79 Å². The molecule has 0 atom stereocenters. The SMILES string of the molecule is CCN(C(=O)COC(=O)c1cc(C)n(-c2ccc(F)cc2)c1C)c1cccc2ccccc12. The van der Waals surface area contributed by atoms with E-state index in [4.69, 9.17) is 4.74 Å². The highest BCUT2D eigenvalue weighted by Crippen LogP contribution is 2.27. The Hall–Kier alpha value is -3.93. The van der Waals surface area contributed by atoms with Crippen LogP contribution in [0.3, 0.4) is 0 Å². The number of amides is 1. The molecule has 33 heavy (non-hydrogen) atoms. The van der Waals surface area contributed by atoms with E-state index < -0.39 is 5.97 Å². The van der Waals surface area contributed by atoms with E-state index in [-0.39, 0.29) is 18.3 Å². The number of halogens is 1. The van der Waals surface area contributed by atoms with Gasteiger partial charge in [-0.05, 0) is 62.6 Å². The van der Waals surface area contributed by atoms with Crippen molar-refractivity contribution in [1.29, 1.82) is 0 Å². The fourth-order valence-corrected chi connectivity index (χ4v) is 4.16. The molecule has 0 N–H and O–H groups in total. The fourth-order valence-electron chi connectivity index (χ4n) is 4.16. The number of carbonyl (C=O) groups excluding carboxylic acids is 2. The number of nitrogens with zero attached hydrogens (tertiary/aromatic N) is 2. The van der Waals surface area contributed by atoms with Crippen molar-refractivity contribution < 1.29 is 18.7 Å². The smallest absolute Gasteiger partial charge is 0.340 e. The van der Waals surface area contributed by atoms with Crippen molar-refractivity contribution in [3.63, 3.8) is 0 Å². The van der Waals surface area contributed by atoms with E-state index in [0.717, 1.165) is 27.8 Å². The Kier molecular flexibility index (Phi) is 6.27. The summed E-state index contributed by atoms with van der Waals surface area (Å²) in [4.78, 5) is 27.4. The van der Waals surface area contributed by atoms with Crippen molar-refractivity contribution in [3.05, 3.63) is 95.6 Å². The molecule has 5 nitrogen and oxygen atoms in total. The lowest BCUT2D eigenvalue weighted by atomic mass is 10.1. The van der Waals surface area contributed by atoms with E-state index in [1.165, 1.54) is 12.1 Å². The number of aryl methyl sites for hydroxylation is 1. The number of aromatic nitrogens is 1. The minimum Gasteiger partial charge on any atom is -0.452 e. The zero-order chi connectivity index (χ0) is 23.5. The largest absolute Gasteiger partial charge is 0.452 e. The summed E-state index contributed by atoms with van der Waals surface area (Å²) in [7, 11) is 0. The first-order valence-corrected chi connectivity index (χ1v) is 10.8. The number of fused-ring (bicyclic) bond motifs is 1. The normalized spacial score (nSPS) is 10.9. The Morgan fingerprint density at radius 3 is 2.39 bits per heavy atom. The average molecular weight is 445 g/mol. The highest BCUT2D eigenvalue weighted by molar-refractivity contribution is 6.04. The Labute approximate surface area is 192 Å². The monoisotopic (exact) mass is 444 g/mol. The van der Waals surface area contributed by atoms with E-state index in [1.54, 1.807) is 30.0 Å². The van der Waals surface area contributed by atoms with Crippen LogP contribution in [0, 0.1) is 19.7 Å². The maximum atomic E-state index is 13.3. The Morgan fingerprint density at radius 1 is 0.970 bits per heavy atom. The Morgan fingerprint density at radius 2 is 1.67 bits per heavy atom. The predicted octanol–water partition coefficient (Wildman–Crippen LogP) is 5.60. The van der Waals surface area contributed by atoms with E-state index in [1.807, 2.05) is 60.9 Å². The number of benzene rings is 3. The second kappa shape index (κ2) is 9.28. The molecule has 4 aromatic rings. The lowest BCUT2D eigenvalue weighted by Crippen LogP contribution is -2.34. The summed E-state index contributed by atoms with van der Waals surface area (Å²) in [6.45, 7) is 5.62. The molecule has 1 amide bonds. The van der Waals surface area contributed by atoms with Gasteiger partial charge in [-0.25, -0.2) is 9.18 Å². The number of hydrogen-bond donors (Lipinski definition) is 0. The van der Waals surface area contributed by atoms with Crippen LogP contribution < -0.4 is 4.90 Å². The summed E-state index contributed by atoms with van der Waals surface area (Å²) in [5.74, 6) is -1.20. The molecule has 0 spiro atoms. The molecule has 168 valence electrons. The lowest BCUT2D eigenvalue weighted by Gasteiger charge is -2.22. The fraction of sp³-hybridized carbons (Fsp3) is 0.185. The second-order valence-corrected chi connectivity index (χ2v) is 7.81. The zero-order valence-corrected chi connectivity index (χ0v) is 18.8. The quantitative estimate of drug-likeness (QED) is 0.364. The maximum Gasteiger partial charge on any atom is 0.340 e. The van der Waals surface area contributed by atoms with Gasteiger partial charge in [-0.15, -0.1) is 0 Å². The molecular weight excluding hydrogens is 419 g/mol. The standard InChI is InChI=1S/C27H25FN2O3/c1-4-29(25-11-7-9-20-8-5-6-10-23(20)25)26(31)17-33-27(32)24-16-18(2)30(19(24)3)22-14-12-21(28)13-15-22/h5-16H,4,17H2,1-3H3. The Balaban J connectivity index is 1.52. The Bertz CT molecular complexity index is 1320. The maximum absolute atomic E-state index is 13.3. The van der Waals surface area contributed by atoms with Gasteiger partial charge in [-0.1, -0.05) is 36.4 Å². The number of hydrogen-bond acceptors (Lipinski definition) is 3. The zero-order valence-electron chi connectivity index (χ0n) is 18.8. The van der Waals surface area contributed by atoms with E-state index in [0.29, 0.717) is 17.8 Å². The molecule has 0 fully saturated rings. The molecular formula is C27H25FN2O3. The summed E-state index contributed by atoms with van der Waals surface area (Å²) < 4.78 is 20.6. The van der Waals surface area contributed by atoms with Crippen LogP contribution in [0.25, 0.3) is 16.5 Å². The third-order valence-electron chi connectivity index (χ3n) is 5.74. The van der Waals surface area contributed by atoms with Gasteiger partial charge in [0.15, 0.2) is 6.61 Å². The van der Waals surface area contributed by atoms with Crippen LogP contribution in [0.5, 0.6) is 0 Å². The van der Waals surface area contributed by atoms with Crippen LogP contribution in [0.4, 0.5) is 10.1 Å². The first kappa shape index (κ1) is 22.3. The third-order valence-corrected chi connectivity index (χ3v) is 5.74. The summed E-state index contributed by atoms with van der Waals surface area (Å²) >= 11 is 0. The van der Waals surface area contributed by atoms with E-state index >= 15 is 0 Å². The van der Waals surface area contributed by atoms with Crippen LogP contribution in [-0.4, -0.2) is 29.6 Å². The van der Waals surface area contributed by atoms with Crippen molar-refractivity contribution in [2.45, 2.75) is 20.8 Å². The molecule has 6 heteroatoms. The lowest BCUT2D eigenvalue weighted by molar-refractivity contribution is -0.121.